The van der Waals surface area contributed by atoms with Crippen LogP contribution < -0.4 is 0 Å². The molecular formula is C22H37NO7P2. The number of oxime groups is 1. The minimum Gasteiger partial charge on any atom is -0.315 e. The second kappa shape index (κ2) is 8.32. The fraction of sp³-hybridized carbons (Fsp3) is 0.864. The Morgan fingerprint density at radius 2 is 1.78 bits per heavy atom. The van der Waals surface area contributed by atoms with Gasteiger partial charge in [0.2, 0.25) is 0 Å². The standard InChI is InChI=1S/C22H37NO7P2/c1-14(23-30-31(4,24)25)18-7-8-19-17-6-5-15-13-16(29-32(26,27)28)9-11-21(15,2)20(17)10-12-22(18,19)3/h13,16-20H,5-12H2,1-4H3,(H,24,25)(H2,26,27,28)/b23-14+/t16-,17-,18+,19-,20-,21-,22+/m0/s1. The Bertz CT molecular complexity index is 908. The highest BCUT2D eigenvalue weighted by molar-refractivity contribution is 7.51. The number of hydrogen-bond acceptors (Lipinski definition) is 5. The van der Waals surface area contributed by atoms with Crippen LogP contribution >= 0.6 is 15.4 Å². The van der Waals surface area contributed by atoms with Gasteiger partial charge >= 0.3 is 15.4 Å². The van der Waals surface area contributed by atoms with Crippen LogP contribution in [0.2, 0.25) is 0 Å². The maximum absolute atomic E-state index is 11.5. The number of phosphoric acid groups is 1. The quantitative estimate of drug-likeness (QED) is 0.208. The first-order chi connectivity index (χ1) is 14.7. The highest BCUT2D eigenvalue weighted by Gasteiger charge is 2.59. The van der Waals surface area contributed by atoms with Crippen LogP contribution in [0.5, 0.6) is 0 Å². The molecule has 4 aliphatic carbocycles. The molecule has 0 radical (unpaired) electrons. The number of phosphoric ester groups is 1. The molecule has 8 atom stereocenters. The highest BCUT2D eigenvalue weighted by atomic mass is 31.2. The van der Waals surface area contributed by atoms with Gasteiger partial charge in [-0.3, -0.25) is 4.52 Å². The SMILES string of the molecule is C/C(=N\OP(C)(=O)O)[C@H]1CC[C@H]2[C@@H]3CCC4=C[C@@H](OP(=O)(O)O)CC[C@]4(C)[C@H]3CC[C@]12C. The van der Waals surface area contributed by atoms with Crippen molar-refractivity contribution in [3.8, 4) is 0 Å². The zero-order valence-electron chi connectivity index (χ0n) is 19.4. The van der Waals surface area contributed by atoms with Gasteiger partial charge in [-0.1, -0.05) is 30.7 Å². The van der Waals surface area contributed by atoms with Crippen molar-refractivity contribution in [3.05, 3.63) is 11.6 Å². The largest absolute Gasteiger partial charge is 0.470 e. The summed E-state index contributed by atoms with van der Waals surface area (Å²) < 4.78 is 32.7. The van der Waals surface area contributed by atoms with E-state index >= 15 is 0 Å². The van der Waals surface area contributed by atoms with Crippen molar-refractivity contribution in [2.45, 2.75) is 78.2 Å². The molecule has 0 bridgehead atoms. The minimum atomic E-state index is -4.49. The van der Waals surface area contributed by atoms with Crippen LogP contribution in [-0.4, -0.2) is 33.2 Å². The van der Waals surface area contributed by atoms with E-state index in [2.05, 4.69) is 19.0 Å². The summed E-state index contributed by atoms with van der Waals surface area (Å²) in [6.07, 6.45) is 9.45. The lowest BCUT2D eigenvalue weighted by molar-refractivity contribution is -0.0477. The summed E-state index contributed by atoms with van der Waals surface area (Å²) in [7, 11) is -8.13. The molecule has 0 aromatic rings. The summed E-state index contributed by atoms with van der Waals surface area (Å²) >= 11 is 0. The lowest BCUT2D eigenvalue weighted by atomic mass is 9.46. The van der Waals surface area contributed by atoms with Crippen molar-refractivity contribution < 1.29 is 33.0 Å². The third-order valence-electron chi connectivity index (χ3n) is 9.18. The minimum absolute atomic E-state index is 0.0646. The summed E-state index contributed by atoms with van der Waals surface area (Å²) in [6.45, 7) is 7.79. The highest BCUT2D eigenvalue weighted by Crippen LogP contribution is 2.67. The molecule has 0 aromatic carbocycles. The third kappa shape index (κ3) is 4.56. The Morgan fingerprint density at radius 1 is 1.06 bits per heavy atom. The number of rotatable bonds is 5. The van der Waals surface area contributed by atoms with E-state index in [9.17, 15) is 23.8 Å². The van der Waals surface area contributed by atoms with Crippen LogP contribution in [0, 0.1) is 34.5 Å². The molecule has 10 heteroatoms. The fourth-order valence-corrected chi connectivity index (χ4v) is 8.65. The Balaban J connectivity index is 1.53. The molecule has 4 rings (SSSR count). The predicted octanol–water partition coefficient (Wildman–Crippen LogP) is 5.25. The lowest BCUT2D eigenvalue weighted by Gasteiger charge is -2.58. The van der Waals surface area contributed by atoms with Crippen molar-refractivity contribution >= 4 is 21.1 Å². The number of hydrogen-bond donors (Lipinski definition) is 3. The molecule has 3 fully saturated rings. The normalized spacial score (nSPS) is 44.0. The summed E-state index contributed by atoms with van der Waals surface area (Å²) in [6, 6.07) is 0. The van der Waals surface area contributed by atoms with E-state index < -0.39 is 21.5 Å². The summed E-state index contributed by atoms with van der Waals surface area (Å²) in [5.41, 5.74) is 2.32. The van der Waals surface area contributed by atoms with Crippen LogP contribution in [0.25, 0.3) is 0 Å². The molecule has 0 heterocycles. The maximum Gasteiger partial charge on any atom is 0.470 e. The second-order valence-corrected chi connectivity index (χ2v) is 14.0. The molecule has 3 N–H and O–H groups in total. The monoisotopic (exact) mass is 489 g/mol. The molecule has 0 amide bonds. The third-order valence-corrected chi connectivity index (χ3v) is 10.1. The lowest BCUT2D eigenvalue weighted by Crippen LogP contribution is -2.51. The molecule has 0 spiro atoms. The zero-order chi connectivity index (χ0) is 23.5. The average Bonchev–Trinajstić information content (AvgIpc) is 3.02. The zero-order valence-corrected chi connectivity index (χ0v) is 21.2. The van der Waals surface area contributed by atoms with Crippen molar-refractivity contribution in [3.63, 3.8) is 0 Å². The van der Waals surface area contributed by atoms with Gasteiger partial charge < -0.3 is 19.3 Å². The molecule has 32 heavy (non-hydrogen) atoms. The van der Waals surface area contributed by atoms with E-state index in [0.29, 0.717) is 24.2 Å². The Morgan fingerprint density at radius 3 is 2.44 bits per heavy atom. The Labute approximate surface area is 190 Å². The Hall–Kier alpha value is -0.490. The molecule has 0 aromatic heterocycles. The van der Waals surface area contributed by atoms with Crippen LogP contribution in [-0.2, 0) is 18.3 Å². The smallest absolute Gasteiger partial charge is 0.315 e. The molecule has 1 unspecified atom stereocenters. The van der Waals surface area contributed by atoms with E-state index in [1.165, 1.54) is 5.57 Å². The molecule has 8 nitrogen and oxygen atoms in total. The van der Waals surface area contributed by atoms with Gasteiger partial charge in [0.15, 0.2) is 0 Å². The average molecular weight is 489 g/mol. The van der Waals surface area contributed by atoms with E-state index in [1.807, 2.05) is 13.0 Å². The second-order valence-electron chi connectivity index (χ2n) is 11.0. The van der Waals surface area contributed by atoms with E-state index in [1.54, 1.807) is 0 Å². The first-order valence-electron chi connectivity index (χ1n) is 11.7. The van der Waals surface area contributed by atoms with Crippen molar-refractivity contribution in [1.29, 1.82) is 0 Å². The Kier molecular flexibility index (Phi) is 6.40. The number of fused-ring (bicyclic) bond motifs is 5. The van der Waals surface area contributed by atoms with Crippen molar-refractivity contribution in [2.75, 3.05) is 6.66 Å². The van der Waals surface area contributed by atoms with E-state index in [4.69, 9.17) is 9.15 Å². The predicted molar refractivity (Wildman–Crippen MR) is 122 cm³/mol. The molecule has 0 aliphatic heterocycles. The summed E-state index contributed by atoms with van der Waals surface area (Å²) in [5.74, 6) is 2.03. The van der Waals surface area contributed by atoms with E-state index in [-0.39, 0.29) is 16.7 Å². The molecular weight excluding hydrogens is 452 g/mol. The van der Waals surface area contributed by atoms with Gasteiger partial charge in [0.25, 0.3) is 0 Å². The number of allylic oxidation sites excluding steroid dienone is 1. The van der Waals surface area contributed by atoms with Crippen LogP contribution in [0.4, 0.5) is 0 Å². The topological polar surface area (TPSA) is 126 Å². The van der Waals surface area contributed by atoms with Gasteiger partial charge in [-0.2, -0.15) is 0 Å². The van der Waals surface area contributed by atoms with Gasteiger partial charge in [0, 0.05) is 5.92 Å². The fourth-order valence-electron chi connectivity index (χ4n) is 7.85. The van der Waals surface area contributed by atoms with Crippen molar-refractivity contribution in [1.82, 2.24) is 0 Å². The van der Waals surface area contributed by atoms with Gasteiger partial charge in [-0.15, -0.1) is 0 Å². The summed E-state index contributed by atoms with van der Waals surface area (Å²) in [4.78, 5) is 27.9. The van der Waals surface area contributed by atoms with Crippen LogP contribution in [0.3, 0.4) is 0 Å². The maximum atomic E-state index is 11.5. The number of nitrogens with zero attached hydrogens (tertiary/aromatic N) is 1. The van der Waals surface area contributed by atoms with Gasteiger partial charge in [0.1, 0.15) is 0 Å². The first kappa shape index (κ1) is 24.6. The summed E-state index contributed by atoms with van der Waals surface area (Å²) in [5, 5.41) is 4.05. The molecule has 0 saturated heterocycles. The van der Waals surface area contributed by atoms with Gasteiger partial charge in [0.05, 0.1) is 18.5 Å². The first-order valence-corrected chi connectivity index (χ1v) is 15.3. The molecule has 3 saturated carbocycles. The van der Waals surface area contributed by atoms with Gasteiger partial charge in [-0.25, -0.2) is 9.13 Å². The van der Waals surface area contributed by atoms with E-state index in [0.717, 1.165) is 57.3 Å². The van der Waals surface area contributed by atoms with Gasteiger partial charge in [-0.05, 0) is 86.9 Å². The molecule has 4 aliphatic rings. The molecule has 182 valence electrons. The van der Waals surface area contributed by atoms with Crippen molar-refractivity contribution in [2.24, 2.45) is 39.7 Å². The van der Waals surface area contributed by atoms with Crippen LogP contribution in [0.15, 0.2) is 16.8 Å². The van der Waals surface area contributed by atoms with Crippen LogP contribution in [0.1, 0.15) is 72.1 Å².